The van der Waals surface area contributed by atoms with Gasteiger partial charge in [0.05, 0.1) is 56.0 Å². The van der Waals surface area contributed by atoms with Crippen molar-refractivity contribution in [3.05, 3.63) is 65.2 Å². The average molecular weight is 1530 g/mol. The van der Waals surface area contributed by atoms with Crippen LogP contribution in [0.1, 0.15) is 183 Å². The highest BCUT2D eigenvalue weighted by Gasteiger charge is 2.45. The van der Waals surface area contributed by atoms with E-state index in [1.165, 1.54) is 93.0 Å². The number of methoxy groups -OCH3 is 1. The summed E-state index contributed by atoms with van der Waals surface area (Å²) < 4.78 is 11.8. The van der Waals surface area contributed by atoms with Crippen LogP contribution in [0, 0.1) is 29.6 Å². The molecule has 2 fully saturated rings. The quantitative estimate of drug-likeness (QED) is 0.0879. The number of nitrogens with zero attached hydrogens (tertiary/aromatic N) is 7. The van der Waals surface area contributed by atoms with Crippen LogP contribution in [0.3, 0.4) is 0 Å². The molecule has 29 heteroatoms. The SMILES string of the molecule is CCCCN1CC(=O)N(C)[C@@H](CC(C)C)C(=O)N[C@@H](COC(C)(C)C)C(=O)N(C)[C@@H](Cc2ccccc2)C(O)N(C)[C@@H](CC(C)C)C(=O)N[C@H](C(=O)N2CCCCC2)CC(=O)N[C@H](C(C)C)C(=O)N(C)[C@@H](C(C)C)C(=O)N[C@@H](Cc2ccc(OC)c(C(=O)NC)c2)C(=O)N(C)[C@@H](CC(C)C)C(=O)N[C@@H]([C@@H](C)O)C1=O. The van der Waals surface area contributed by atoms with Gasteiger partial charge in [-0.25, -0.2) is 0 Å². The second-order valence-corrected chi connectivity index (χ2v) is 32.5. The Bertz CT molecular complexity index is 3380. The summed E-state index contributed by atoms with van der Waals surface area (Å²) in [6, 6.07) is -0.366. The number of amides is 12. The summed E-state index contributed by atoms with van der Waals surface area (Å²) in [5.74, 6) is -10.8. The van der Waals surface area contributed by atoms with Gasteiger partial charge in [-0.15, -0.1) is 0 Å². The zero-order valence-corrected chi connectivity index (χ0v) is 69.0. The molecule has 109 heavy (non-hydrogen) atoms. The van der Waals surface area contributed by atoms with Gasteiger partial charge in [-0.2, -0.15) is 0 Å². The summed E-state index contributed by atoms with van der Waals surface area (Å²) in [5.41, 5.74) is 0.286. The lowest BCUT2D eigenvalue weighted by molar-refractivity contribution is -0.151. The minimum absolute atomic E-state index is 0.0117. The van der Waals surface area contributed by atoms with E-state index in [0.717, 1.165) is 11.3 Å². The third-order valence-electron chi connectivity index (χ3n) is 20.2. The Kier molecular flexibility index (Phi) is 37.0. The Morgan fingerprint density at radius 3 is 1.69 bits per heavy atom. The Morgan fingerprint density at radius 1 is 0.606 bits per heavy atom. The molecule has 0 radical (unpaired) electrons. The predicted molar refractivity (Wildman–Crippen MR) is 416 cm³/mol. The van der Waals surface area contributed by atoms with E-state index in [4.69, 9.17) is 9.47 Å². The van der Waals surface area contributed by atoms with E-state index in [1.807, 2.05) is 52.8 Å². The van der Waals surface area contributed by atoms with Crippen LogP contribution in [-0.2, 0) is 70.3 Å². The number of carbonyl (C=O) groups is 12. The first-order valence-electron chi connectivity index (χ1n) is 38.8. The molecule has 0 spiro atoms. The molecule has 2 saturated heterocycles. The van der Waals surface area contributed by atoms with Gasteiger partial charge in [0.2, 0.25) is 65.0 Å². The molecule has 0 bridgehead atoms. The average Bonchev–Trinajstić information content (AvgIpc) is 0.816. The Balaban J connectivity index is 2.06. The Morgan fingerprint density at radius 2 is 1.16 bits per heavy atom. The highest BCUT2D eigenvalue weighted by molar-refractivity contribution is 6.00. The zero-order valence-electron chi connectivity index (χ0n) is 69.0. The number of benzene rings is 2. The number of likely N-dealkylation sites (N-methyl/N-ethyl adjacent to an activating group) is 5. The van der Waals surface area contributed by atoms with Crippen molar-refractivity contribution < 1.29 is 77.2 Å². The van der Waals surface area contributed by atoms with Crippen molar-refractivity contribution >= 4 is 70.9 Å². The smallest absolute Gasteiger partial charge is 0.254 e. The van der Waals surface area contributed by atoms with Gasteiger partial charge in [0, 0.05) is 61.3 Å². The minimum atomic E-state index is -1.72. The van der Waals surface area contributed by atoms with Crippen LogP contribution in [0.5, 0.6) is 5.75 Å². The first-order chi connectivity index (χ1) is 51.0. The first kappa shape index (κ1) is 93.1. The molecule has 0 aliphatic carbocycles. The highest BCUT2D eigenvalue weighted by atomic mass is 16.5. The summed E-state index contributed by atoms with van der Waals surface area (Å²) in [4.78, 5) is 190. The molecule has 2 heterocycles. The number of aliphatic hydroxyl groups is 2. The summed E-state index contributed by atoms with van der Waals surface area (Å²) >= 11 is 0. The fourth-order valence-electron chi connectivity index (χ4n) is 13.8. The van der Waals surface area contributed by atoms with Crippen LogP contribution < -0.4 is 36.6 Å². The molecule has 1 unspecified atom stereocenters. The van der Waals surface area contributed by atoms with E-state index in [0.29, 0.717) is 49.9 Å². The Labute approximate surface area is 647 Å². The largest absolute Gasteiger partial charge is 0.496 e. The summed E-state index contributed by atoms with van der Waals surface area (Å²) in [6.07, 6.45) is -0.969. The maximum absolute atomic E-state index is 15.6. The number of likely N-dealkylation sites (tertiary alicyclic amines) is 1. The number of carbonyl (C=O) groups excluding carboxylic acids is 12. The van der Waals surface area contributed by atoms with Crippen molar-refractivity contribution in [2.75, 3.05) is 82.2 Å². The maximum atomic E-state index is 15.6. The summed E-state index contributed by atoms with van der Waals surface area (Å²) in [7, 11) is 9.93. The molecule has 2 aromatic rings. The molecule has 12 atom stereocenters. The van der Waals surface area contributed by atoms with E-state index < -0.39 is 174 Å². The minimum Gasteiger partial charge on any atom is -0.496 e. The highest BCUT2D eigenvalue weighted by Crippen LogP contribution is 2.27. The van der Waals surface area contributed by atoms with Crippen molar-refractivity contribution in [3.8, 4) is 5.75 Å². The van der Waals surface area contributed by atoms with E-state index in [-0.39, 0.29) is 74.3 Å². The number of rotatable bonds is 21. The van der Waals surface area contributed by atoms with Crippen LogP contribution in [-0.4, -0.2) is 276 Å². The van der Waals surface area contributed by atoms with Gasteiger partial charge < -0.3 is 81.0 Å². The van der Waals surface area contributed by atoms with Crippen LogP contribution in [0.15, 0.2) is 48.5 Å². The molecule has 12 amide bonds. The molecule has 612 valence electrons. The lowest BCUT2D eigenvalue weighted by atomic mass is 9.95. The van der Waals surface area contributed by atoms with Gasteiger partial charge in [-0.1, -0.05) is 119 Å². The first-order valence-corrected chi connectivity index (χ1v) is 38.8. The van der Waals surface area contributed by atoms with Crippen LogP contribution in [0.4, 0.5) is 0 Å². The summed E-state index contributed by atoms with van der Waals surface area (Å²) in [5, 5.41) is 41.3. The predicted octanol–water partition coefficient (Wildman–Crippen LogP) is 3.88. The maximum Gasteiger partial charge on any atom is 0.254 e. The fraction of sp³-hybridized carbons (Fsp3) is 0.700. The van der Waals surface area contributed by atoms with Crippen LogP contribution in [0.2, 0.25) is 0 Å². The van der Waals surface area contributed by atoms with Gasteiger partial charge in [0.25, 0.3) is 5.91 Å². The van der Waals surface area contributed by atoms with Gasteiger partial charge >= 0.3 is 0 Å². The topological polar surface area (TPSA) is 359 Å². The van der Waals surface area contributed by atoms with E-state index in [9.17, 15) is 29.4 Å². The van der Waals surface area contributed by atoms with Crippen molar-refractivity contribution in [3.63, 3.8) is 0 Å². The number of piperidine rings is 1. The monoisotopic (exact) mass is 1530 g/mol. The number of ether oxygens (including phenoxy) is 2. The summed E-state index contributed by atoms with van der Waals surface area (Å²) in [6.45, 7) is 25.9. The lowest BCUT2D eigenvalue weighted by Crippen LogP contribution is -2.63. The molecular weight excluding hydrogens is 1400 g/mol. The second-order valence-electron chi connectivity index (χ2n) is 32.5. The molecule has 2 aromatic carbocycles. The molecule has 8 N–H and O–H groups in total. The molecular formula is C80H131N13O16. The number of unbranched alkanes of at least 4 members (excludes halogenated alkanes) is 1. The van der Waals surface area contributed by atoms with E-state index >= 15 is 38.4 Å². The number of nitrogens with one attached hydrogen (secondary N) is 6. The zero-order chi connectivity index (χ0) is 82.2. The third kappa shape index (κ3) is 27.3. The molecule has 0 saturated carbocycles. The number of aliphatic hydroxyl groups excluding tert-OH is 2. The number of hydrogen-bond donors (Lipinski definition) is 8. The van der Waals surface area contributed by atoms with Crippen molar-refractivity contribution in [1.29, 1.82) is 0 Å². The molecule has 2 aliphatic rings. The van der Waals surface area contributed by atoms with E-state index in [1.54, 1.807) is 85.4 Å². The van der Waals surface area contributed by atoms with Gasteiger partial charge in [0.15, 0.2) is 0 Å². The molecule has 29 nitrogen and oxygen atoms in total. The standard InChI is InChI=1S/C80H131N13O16/c1-23-24-35-93-45-65(96)87(17)59(38-47(2)3)70(98)84-58(46-109-80(13,14)15)75(103)90(20)62(43-53-31-27-25-28-32-53)77(105)89(19)60(39-48(4)5)71(99)82-57(76(104)92-36-29-26-30-37-92)44-64(95)85-66(50(8)9)78(106)91(21)68(51(10)11)73(101)83-56(42-54-33-34-63(108-22)55(41-54)69(97)81-16)74(102)88(18)61(40-49(6)7)72(100)86-67(52(12)94)79(93)107/h25,27-28,31-34,41,47-52,56-62,66-68,77,94,105H,23-24,26,29-30,35-40,42-46H2,1-22H3,(H,81,97)(H,82,99)(H,83,101)(H,84,98)(H,85,95)(H,86,100)/t52-,56+,57+,58+,59+,60+,61+,62+,66-,67+,68+,77?/m1/s1. The Hall–Kier alpha value is -8.28. The third-order valence-corrected chi connectivity index (χ3v) is 20.2. The second kappa shape index (κ2) is 43.4. The van der Waals surface area contributed by atoms with Crippen LogP contribution in [0.25, 0.3) is 0 Å². The van der Waals surface area contributed by atoms with Gasteiger partial charge in [-0.3, -0.25) is 62.4 Å². The lowest BCUT2D eigenvalue weighted by Gasteiger charge is -2.41. The normalized spacial score (nSPS) is 24.8. The van der Waals surface area contributed by atoms with Crippen molar-refractivity contribution in [2.45, 2.75) is 253 Å². The van der Waals surface area contributed by atoms with Gasteiger partial charge in [0.1, 0.15) is 60.3 Å². The molecule has 0 aromatic heterocycles. The van der Waals surface area contributed by atoms with Gasteiger partial charge in [-0.05, 0) is 139 Å². The molecule has 4 rings (SSSR count). The van der Waals surface area contributed by atoms with Crippen molar-refractivity contribution in [2.24, 2.45) is 29.6 Å². The molecule has 2 aliphatic heterocycles. The van der Waals surface area contributed by atoms with Crippen LogP contribution >= 0.6 is 0 Å². The fourth-order valence-corrected chi connectivity index (χ4v) is 13.8. The van der Waals surface area contributed by atoms with E-state index in [2.05, 4.69) is 31.9 Å². The van der Waals surface area contributed by atoms with Crippen molar-refractivity contribution in [1.82, 2.24) is 66.2 Å². The number of hydrogen-bond acceptors (Lipinski definition) is 17.